The number of benzene rings is 2. The number of carbonyl (C=O) groups excluding carboxylic acids is 2. The van der Waals surface area contributed by atoms with E-state index in [4.69, 9.17) is 14.2 Å². The highest BCUT2D eigenvalue weighted by Gasteiger charge is 2.23. The van der Waals surface area contributed by atoms with Gasteiger partial charge in [-0.3, -0.25) is 14.5 Å². The molecule has 0 radical (unpaired) electrons. The Morgan fingerprint density at radius 2 is 1.61 bits per heavy atom. The second kappa shape index (κ2) is 15.4. The number of nitrogens with one attached hydrogen (secondary N) is 2. The minimum atomic E-state index is -0.318. The summed E-state index contributed by atoms with van der Waals surface area (Å²) in [5.74, 6) is 1.24. The highest BCUT2D eigenvalue weighted by molar-refractivity contribution is 5.94. The quantitative estimate of drug-likeness (QED) is 0.222. The van der Waals surface area contributed by atoms with Crippen LogP contribution in [0.2, 0.25) is 0 Å². The average Bonchev–Trinajstić information content (AvgIpc) is 2.91. The Balaban J connectivity index is 1.94. The largest absolute Gasteiger partial charge is 0.493 e. The second-order valence-electron chi connectivity index (χ2n) is 8.05. The third-order valence-corrected chi connectivity index (χ3v) is 5.86. The molecule has 196 valence electrons. The predicted molar refractivity (Wildman–Crippen MR) is 141 cm³/mol. The van der Waals surface area contributed by atoms with Gasteiger partial charge in [-0.15, -0.1) is 0 Å². The zero-order chi connectivity index (χ0) is 26.3. The van der Waals surface area contributed by atoms with E-state index in [1.165, 1.54) is 0 Å². The third-order valence-electron chi connectivity index (χ3n) is 5.86. The van der Waals surface area contributed by atoms with Crippen LogP contribution in [0, 0.1) is 0 Å². The molecule has 0 aromatic heterocycles. The summed E-state index contributed by atoms with van der Waals surface area (Å²) in [4.78, 5) is 27.3. The van der Waals surface area contributed by atoms with Crippen LogP contribution in [0.4, 0.5) is 0 Å². The Bertz CT molecular complexity index is 968. The number of carbonyl (C=O) groups is 2. The summed E-state index contributed by atoms with van der Waals surface area (Å²) in [6, 6.07) is 12.3. The fourth-order valence-electron chi connectivity index (χ4n) is 3.92. The molecule has 0 aliphatic rings. The molecule has 0 saturated carbocycles. The number of amides is 2. The van der Waals surface area contributed by atoms with E-state index in [0.29, 0.717) is 41.3 Å². The van der Waals surface area contributed by atoms with Crippen LogP contribution >= 0.6 is 0 Å². The topological polar surface area (TPSA) is 101 Å². The van der Waals surface area contributed by atoms with Crippen LogP contribution in [0.3, 0.4) is 0 Å². The van der Waals surface area contributed by atoms with E-state index < -0.39 is 0 Å². The minimum absolute atomic E-state index is 0.0882. The van der Waals surface area contributed by atoms with Gasteiger partial charge < -0.3 is 19.5 Å². The first-order chi connectivity index (χ1) is 17.5. The molecular weight excluding hydrogens is 460 g/mol. The molecular formula is C27H38N4O5. The van der Waals surface area contributed by atoms with Crippen molar-refractivity contribution >= 4 is 18.0 Å². The number of hydrogen-bond acceptors (Lipinski definition) is 7. The van der Waals surface area contributed by atoms with Crippen molar-refractivity contribution in [1.29, 1.82) is 0 Å². The van der Waals surface area contributed by atoms with Crippen molar-refractivity contribution < 1.29 is 23.8 Å². The summed E-state index contributed by atoms with van der Waals surface area (Å²) >= 11 is 0. The molecule has 1 unspecified atom stereocenters. The van der Waals surface area contributed by atoms with E-state index in [0.717, 1.165) is 25.9 Å². The zero-order valence-corrected chi connectivity index (χ0v) is 21.9. The Morgan fingerprint density at radius 3 is 2.17 bits per heavy atom. The van der Waals surface area contributed by atoms with Crippen molar-refractivity contribution in [3.63, 3.8) is 0 Å². The van der Waals surface area contributed by atoms with E-state index >= 15 is 0 Å². The Kier molecular flexibility index (Phi) is 12.3. The van der Waals surface area contributed by atoms with Gasteiger partial charge in [-0.25, -0.2) is 5.43 Å². The van der Waals surface area contributed by atoms with E-state index in [9.17, 15) is 9.59 Å². The highest BCUT2D eigenvalue weighted by atomic mass is 16.5. The van der Waals surface area contributed by atoms with Gasteiger partial charge in [0.15, 0.2) is 11.5 Å². The monoisotopic (exact) mass is 498 g/mol. The molecule has 9 heteroatoms. The third kappa shape index (κ3) is 8.27. The smallest absolute Gasteiger partial charge is 0.257 e. The number of ether oxygens (including phenoxy) is 3. The molecule has 36 heavy (non-hydrogen) atoms. The first-order valence-electron chi connectivity index (χ1n) is 12.2. The number of likely N-dealkylation sites (N-methyl/N-ethyl adjacent to an activating group) is 1. The van der Waals surface area contributed by atoms with Crippen molar-refractivity contribution in [2.75, 3.05) is 41.0 Å². The number of rotatable bonds is 15. The van der Waals surface area contributed by atoms with Gasteiger partial charge in [0.1, 0.15) is 0 Å². The van der Waals surface area contributed by atoms with E-state index in [-0.39, 0.29) is 17.9 Å². The summed E-state index contributed by atoms with van der Waals surface area (Å²) in [6.45, 7) is 6.11. The molecule has 0 bridgehead atoms. The van der Waals surface area contributed by atoms with Crippen LogP contribution < -0.4 is 25.0 Å². The summed E-state index contributed by atoms with van der Waals surface area (Å²) in [5, 5.41) is 7.09. The molecule has 0 aliphatic heterocycles. The maximum absolute atomic E-state index is 13.0. The molecule has 2 rings (SSSR count). The molecule has 0 spiro atoms. The highest BCUT2D eigenvalue weighted by Crippen LogP contribution is 2.37. The normalized spacial score (nSPS) is 11.8. The number of nitrogens with zero attached hydrogens (tertiary/aromatic N) is 2. The molecule has 0 fully saturated rings. The lowest BCUT2D eigenvalue weighted by atomic mass is 10.1. The lowest BCUT2D eigenvalue weighted by molar-refractivity contribution is -0.126. The van der Waals surface area contributed by atoms with Crippen molar-refractivity contribution in [2.24, 2.45) is 5.10 Å². The number of hydrogen-bond donors (Lipinski definition) is 2. The van der Waals surface area contributed by atoms with Crippen LogP contribution in [0.1, 0.15) is 49.0 Å². The first-order valence-corrected chi connectivity index (χ1v) is 12.2. The summed E-state index contributed by atoms with van der Waals surface area (Å²) in [7, 11) is 4.63. The van der Waals surface area contributed by atoms with E-state index in [1.54, 1.807) is 51.8 Å². The van der Waals surface area contributed by atoms with Gasteiger partial charge in [0, 0.05) is 17.7 Å². The first kappa shape index (κ1) is 28.6. The molecule has 0 aliphatic carbocycles. The lowest BCUT2D eigenvalue weighted by Gasteiger charge is -2.28. The molecule has 9 nitrogen and oxygen atoms in total. The number of methoxy groups -OCH3 is 3. The van der Waals surface area contributed by atoms with Crippen molar-refractivity contribution in [1.82, 2.24) is 15.6 Å². The van der Waals surface area contributed by atoms with Crippen LogP contribution in [-0.4, -0.2) is 69.9 Å². The van der Waals surface area contributed by atoms with Crippen LogP contribution in [-0.2, 0) is 4.79 Å². The van der Waals surface area contributed by atoms with Crippen molar-refractivity contribution in [3.8, 4) is 17.2 Å². The van der Waals surface area contributed by atoms with Gasteiger partial charge >= 0.3 is 0 Å². The minimum Gasteiger partial charge on any atom is -0.493 e. The van der Waals surface area contributed by atoms with Gasteiger partial charge in [-0.1, -0.05) is 32.0 Å². The van der Waals surface area contributed by atoms with Gasteiger partial charge in [-0.2, -0.15) is 5.10 Å². The summed E-state index contributed by atoms with van der Waals surface area (Å²) < 4.78 is 16.1. The Hall–Kier alpha value is -3.59. The van der Waals surface area contributed by atoms with Crippen molar-refractivity contribution in [2.45, 2.75) is 39.2 Å². The standard InChI is InChI=1S/C27H38N4O5/c1-6-31(7-2)22(15-11-12-16-28-26(32)21-13-9-8-10-14-21)27(33)30-29-19-20-17-23(34-3)25(36-5)24(18-20)35-4/h8-10,13-14,17-19,22H,6-7,11-12,15-16H2,1-5H3,(H,28,32)(H,30,33). The molecule has 2 aromatic carbocycles. The maximum Gasteiger partial charge on any atom is 0.257 e. The summed E-state index contributed by atoms with van der Waals surface area (Å²) in [6.07, 6.45) is 3.77. The molecule has 2 N–H and O–H groups in total. The number of unbranched alkanes of at least 4 members (excludes halogenated alkanes) is 1. The lowest BCUT2D eigenvalue weighted by Crippen LogP contribution is -2.45. The van der Waals surface area contributed by atoms with Gasteiger partial charge in [0.25, 0.3) is 11.8 Å². The van der Waals surface area contributed by atoms with E-state index in [2.05, 4.69) is 20.7 Å². The predicted octanol–water partition coefficient (Wildman–Crippen LogP) is 3.47. The molecule has 2 aromatic rings. The van der Waals surface area contributed by atoms with Gasteiger partial charge in [-0.05, 0) is 56.6 Å². The Labute approximate surface area is 213 Å². The molecule has 1 atom stereocenters. The van der Waals surface area contributed by atoms with Gasteiger partial charge in [0.2, 0.25) is 5.75 Å². The van der Waals surface area contributed by atoms with Crippen LogP contribution in [0.15, 0.2) is 47.6 Å². The second-order valence-corrected chi connectivity index (χ2v) is 8.05. The van der Waals surface area contributed by atoms with Crippen molar-refractivity contribution in [3.05, 3.63) is 53.6 Å². The number of hydrazone groups is 1. The molecule has 0 heterocycles. The SMILES string of the molecule is CCN(CC)C(CCCCNC(=O)c1ccccc1)C(=O)NN=Cc1cc(OC)c(OC)c(OC)c1. The average molecular weight is 499 g/mol. The molecule has 0 saturated heterocycles. The summed E-state index contributed by atoms with van der Waals surface area (Å²) in [5.41, 5.74) is 4.01. The maximum atomic E-state index is 13.0. The molecule has 2 amide bonds. The fraction of sp³-hybridized carbons (Fsp3) is 0.444. The van der Waals surface area contributed by atoms with Crippen LogP contribution in [0.25, 0.3) is 0 Å². The zero-order valence-electron chi connectivity index (χ0n) is 21.9. The fourth-order valence-corrected chi connectivity index (χ4v) is 3.92. The Morgan fingerprint density at radius 1 is 0.972 bits per heavy atom. The van der Waals surface area contributed by atoms with Crippen LogP contribution in [0.5, 0.6) is 17.2 Å². The van der Waals surface area contributed by atoms with E-state index in [1.807, 2.05) is 32.0 Å². The van der Waals surface area contributed by atoms with Gasteiger partial charge in [0.05, 0.1) is 33.6 Å².